The van der Waals surface area contributed by atoms with Gasteiger partial charge in [-0.25, -0.2) is 4.98 Å². The average molecular weight is 437 g/mol. The highest BCUT2D eigenvalue weighted by molar-refractivity contribution is 7.99. The lowest BCUT2D eigenvalue weighted by Crippen LogP contribution is -2.19. The molecule has 0 atom stereocenters. The van der Waals surface area contributed by atoms with Gasteiger partial charge in [0.25, 0.3) is 11.5 Å². The molecule has 7 nitrogen and oxygen atoms in total. The Morgan fingerprint density at radius 2 is 1.83 bits per heavy atom. The number of nitrogens with zero attached hydrogens (tertiary/aromatic N) is 1. The molecule has 0 aliphatic carbocycles. The fourth-order valence-electron chi connectivity index (χ4n) is 2.95. The van der Waals surface area contributed by atoms with Crippen molar-refractivity contribution in [2.45, 2.75) is 5.16 Å². The third kappa shape index (κ3) is 4.12. The summed E-state index contributed by atoms with van der Waals surface area (Å²) >= 11 is 2.49. The second-order valence-corrected chi connectivity index (χ2v) is 8.14. The van der Waals surface area contributed by atoms with E-state index in [-0.39, 0.29) is 22.8 Å². The summed E-state index contributed by atoms with van der Waals surface area (Å²) in [7, 11) is 0. The van der Waals surface area contributed by atoms with Gasteiger partial charge in [0.15, 0.2) is 5.16 Å². The number of hydrogen-bond donors (Lipinski definition) is 3. The number of benzene rings is 2. The molecule has 0 aliphatic heterocycles. The molecular weight excluding hydrogens is 420 g/mol. The molecule has 0 bridgehead atoms. The minimum atomic E-state index is -0.623. The molecule has 2 heterocycles. The van der Waals surface area contributed by atoms with Crippen LogP contribution in [-0.2, 0) is 4.79 Å². The number of amides is 2. The van der Waals surface area contributed by atoms with E-state index < -0.39 is 5.91 Å². The average Bonchev–Trinajstić information content (AvgIpc) is 3.18. The van der Waals surface area contributed by atoms with Crippen LogP contribution in [0.25, 0.3) is 21.3 Å². The standard InChI is InChI=1S/C21H16N4O3S2/c22-18(27)13-8-4-5-9-15(13)23-16(26)11-30-21-24-19(28)17-14(10-29-20(17)25-21)12-6-2-1-3-7-12/h1-10H,11H2,(H2,22,27)(H,23,26)(H,24,25,28). The zero-order valence-electron chi connectivity index (χ0n) is 15.5. The van der Waals surface area contributed by atoms with Gasteiger partial charge in [0.2, 0.25) is 5.91 Å². The summed E-state index contributed by atoms with van der Waals surface area (Å²) < 4.78 is 0. The van der Waals surface area contributed by atoms with Crippen LogP contribution in [0.5, 0.6) is 0 Å². The minimum absolute atomic E-state index is 0.0124. The molecule has 0 radical (unpaired) electrons. The van der Waals surface area contributed by atoms with Crippen molar-refractivity contribution in [2.75, 3.05) is 11.1 Å². The van der Waals surface area contributed by atoms with E-state index in [0.29, 0.717) is 21.1 Å². The highest BCUT2D eigenvalue weighted by atomic mass is 32.2. The maximum absolute atomic E-state index is 12.7. The number of fused-ring (bicyclic) bond motifs is 1. The predicted octanol–water partition coefficient (Wildman–Crippen LogP) is 3.48. The first-order valence-electron chi connectivity index (χ1n) is 8.91. The molecule has 0 saturated heterocycles. The van der Waals surface area contributed by atoms with E-state index in [1.807, 2.05) is 35.7 Å². The number of rotatable bonds is 6. The zero-order chi connectivity index (χ0) is 21.1. The fourth-order valence-corrected chi connectivity index (χ4v) is 4.62. The van der Waals surface area contributed by atoms with E-state index in [4.69, 9.17) is 5.73 Å². The second kappa shape index (κ2) is 8.52. The van der Waals surface area contributed by atoms with Gasteiger partial charge in [-0.3, -0.25) is 14.4 Å². The number of nitrogens with two attached hydrogens (primary N) is 1. The van der Waals surface area contributed by atoms with Crippen molar-refractivity contribution < 1.29 is 9.59 Å². The predicted molar refractivity (Wildman–Crippen MR) is 120 cm³/mol. The number of thioether (sulfide) groups is 1. The number of hydrogen-bond acceptors (Lipinski definition) is 6. The van der Waals surface area contributed by atoms with Crippen LogP contribution in [0.3, 0.4) is 0 Å². The van der Waals surface area contributed by atoms with Crippen molar-refractivity contribution >= 4 is 50.8 Å². The second-order valence-electron chi connectivity index (χ2n) is 6.31. The SMILES string of the molecule is NC(=O)c1ccccc1NC(=O)CSc1nc2scc(-c3ccccc3)c2c(=O)[nH]1. The summed E-state index contributed by atoms with van der Waals surface area (Å²) in [4.78, 5) is 44.3. The lowest BCUT2D eigenvalue weighted by molar-refractivity contribution is -0.113. The number of aromatic amines is 1. The molecule has 2 aromatic carbocycles. The van der Waals surface area contributed by atoms with Crippen molar-refractivity contribution in [3.63, 3.8) is 0 Å². The van der Waals surface area contributed by atoms with Gasteiger partial charge in [-0.15, -0.1) is 11.3 Å². The van der Waals surface area contributed by atoms with Gasteiger partial charge in [-0.2, -0.15) is 0 Å². The van der Waals surface area contributed by atoms with Gasteiger partial charge in [0, 0.05) is 10.9 Å². The Hall–Kier alpha value is -3.43. The Bertz CT molecular complexity index is 1300. The maximum atomic E-state index is 12.7. The number of H-pyrrole nitrogens is 1. The Labute approximate surface area is 179 Å². The fraction of sp³-hybridized carbons (Fsp3) is 0.0476. The summed E-state index contributed by atoms with van der Waals surface area (Å²) in [6, 6.07) is 16.1. The molecule has 150 valence electrons. The first-order chi connectivity index (χ1) is 14.5. The van der Waals surface area contributed by atoms with Gasteiger partial charge in [-0.1, -0.05) is 54.2 Å². The number of primary amides is 1. The van der Waals surface area contributed by atoms with Crippen molar-refractivity contribution in [3.8, 4) is 11.1 Å². The van der Waals surface area contributed by atoms with Gasteiger partial charge < -0.3 is 16.0 Å². The first-order valence-corrected chi connectivity index (χ1v) is 10.8. The van der Waals surface area contributed by atoms with E-state index >= 15 is 0 Å². The molecular formula is C21H16N4O3S2. The number of aromatic nitrogens is 2. The van der Waals surface area contributed by atoms with Crippen LogP contribution in [0, 0.1) is 0 Å². The summed E-state index contributed by atoms with van der Waals surface area (Å²) in [5.74, 6) is -0.951. The molecule has 30 heavy (non-hydrogen) atoms. The summed E-state index contributed by atoms with van der Waals surface area (Å²) in [5.41, 5.74) is 7.44. The Morgan fingerprint density at radius 3 is 2.60 bits per heavy atom. The molecule has 2 aromatic heterocycles. The molecule has 9 heteroatoms. The van der Waals surface area contributed by atoms with Crippen LogP contribution < -0.4 is 16.6 Å². The number of para-hydroxylation sites is 1. The Balaban J connectivity index is 1.51. The number of anilines is 1. The van der Waals surface area contributed by atoms with E-state index in [9.17, 15) is 14.4 Å². The monoisotopic (exact) mass is 436 g/mol. The molecule has 0 unspecified atom stereocenters. The highest BCUT2D eigenvalue weighted by Crippen LogP contribution is 2.31. The lowest BCUT2D eigenvalue weighted by Gasteiger charge is -2.08. The number of thiophene rings is 1. The number of carbonyl (C=O) groups is 2. The van der Waals surface area contributed by atoms with Crippen LogP contribution in [-0.4, -0.2) is 27.5 Å². The van der Waals surface area contributed by atoms with E-state index in [1.165, 1.54) is 11.3 Å². The minimum Gasteiger partial charge on any atom is -0.366 e. The highest BCUT2D eigenvalue weighted by Gasteiger charge is 2.15. The smallest absolute Gasteiger partial charge is 0.260 e. The normalized spacial score (nSPS) is 10.8. The van der Waals surface area contributed by atoms with Gasteiger partial charge >= 0.3 is 0 Å². The largest absolute Gasteiger partial charge is 0.366 e. The molecule has 0 saturated carbocycles. The van der Waals surface area contributed by atoms with Crippen LogP contribution in [0.4, 0.5) is 5.69 Å². The Kier molecular flexibility index (Phi) is 5.64. The van der Waals surface area contributed by atoms with Gasteiger partial charge in [0.1, 0.15) is 4.83 Å². The molecule has 4 rings (SSSR count). The zero-order valence-corrected chi connectivity index (χ0v) is 17.2. The van der Waals surface area contributed by atoms with Gasteiger partial charge in [0.05, 0.1) is 22.4 Å². The third-order valence-electron chi connectivity index (χ3n) is 4.31. The molecule has 0 spiro atoms. The van der Waals surface area contributed by atoms with Crippen LogP contribution in [0.2, 0.25) is 0 Å². The third-order valence-corrected chi connectivity index (χ3v) is 6.06. The van der Waals surface area contributed by atoms with E-state index in [0.717, 1.165) is 22.9 Å². The summed E-state index contributed by atoms with van der Waals surface area (Å²) in [6.45, 7) is 0. The molecule has 4 N–H and O–H groups in total. The lowest BCUT2D eigenvalue weighted by atomic mass is 10.1. The van der Waals surface area contributed by atoms with Crippen LogP contribution in [0.1, 0.15) is 10.4 Å². The Morgan fingerprint density at radius 1 is 1.10 bits per heavy atom. The molecule has 0 aliphatic rings. The van der Waals surface area contributed by atoms with Crippen LogP contribution >= 0.6 is 23.1 Å². The van der Waals surface area contributed by atoms with Crippen molar-refractivity contribution in [3.05, 3.63) is 75.9 Å². The van der Waals surface area contributed by atoms with Crippen molar-refractivity contribution in [1.29, 1.82) is 0 Å². The van der Waals surface area contributed by atoms with E-state index in [2.05, 4.69) is 15.3 Å². The van der Waals surface area contributed by atoms with E-state index in [1.54, 1.807) is 24.3 Å². The topological polar surface area (TPSA) is 118 Å². The summed E-state index contributed by atoms with van der Waals surface area (Å²) in [6.07, 6.45) is 0. The molecule has 4 aromatic rings. The summed E-state index contributed by atoms with van der Waals surface area (Å²) in [5, 5.41) is 5.46. The molecule has 0 fully saturated rings. The maximum Gasteiger partial charge on any atom is 0.260 e. The van der Waals surface area contributed by atoms with Gasteiger partial charge in [-0.05, 0) is 17.7 Å². The van der Waals surface area contributed by atoms with Crippen molar-refractivity contribution in [2.24, 2.45) is 5.73 Å². The number of carbonyl (C=O) groups excluding carboxylic acids is 2. The molecule has 2 amide bonds. The number of nitrogens with one attached hydrogen (secondary N) is 2. The quantitative estimate of drug-likeness (QED) is 0.316. The first kappa shape index (κ1) is 19.9. The van der Waals surface area contributed by atoms with Crippen LogP contribution in [0.15, 0.2) is 69.9 Å². The van der Waals surface area contributed by atoms with Crippen molar-refractivity contribution in [1.82, 2.24) is 9.97 Å².